The zero-order chi connectivity index (χ0) is 13.1. The Morgan fingerprint density at radius 1 is 1.11 bits per heavy atom. The van der Waals surface area contributed by atoms with Gasteiger partial charge in [0.15, 0.2) is 0 Å². The largest absolute Gasteiger partial charge is 0.367 e. The molecule has 1 saturated heterocycles. The minimum Gasteiger partial charge on any atom is -0.367 e. The van der Waals surface area contributed by atoms with Gasteiger partial charge in [0.05, 0.1) is 5.69 Å². The first-order valence-corrected chi connectivity index (χ1v) is 7.67. The van der Waals surface area contributed by atoms with Gasteiger partial charge in [-0.3, -0.25) is 0 Å². The average molecular weight is 260 g/mol. The first-order chi connectivity index (χ1) is 9.31. The molecular formula is C15H24N4. The van der Waals surface area contributed by atoms with Crippen LogP contribution in [0.4, 0.5) is 5.82 Å². The molecule has 4 nitrogen and oxygen atoms in total. The van der Waals surface area contributed by atoms with Crippen LogP contribution in [0.1, 0.15) is 62.5 Å². The highest BCUT2D eigenvalue weighted by Gasteiger charge is 2.20. The second-order valence-electron chi connectivity index (χ2n) is 5.85. The van der Waals surface area contributed by atoms with Crippen LogP contribution in [0.15, 0.2) is 6.07 Å². The van der Waals surface area contributed by atoms with Gasteiger partial charge in [0, 0.05) is 18.2 Å². The minimum absolute atomic E-state index is 0.425. The second-order valence-corrected chi connectivity index (χ2v) is 5.85. The van der Waals surface area contributed by atoms with Crippen molar-refractivity contribution in [3.8, 4) is 0 Å². The molecule has 0 spiro atoms. The third-order valence-corrected chi connectivity index (χ3v) is 4.23. The van der Waals surface area contributed by atoms with Crippen molar-refractivity contribution < 1.29 is 0 Å². The van der Waals surface area contributed by atoms with Crippen LogP contribution in [0, 0.1) is 6.92 Å². The van der Waals surface area contributed by atoms with E-state index in [0.717, 1.165) is 23.9 Å². The number of anilines is 1. The third kappa shape index (κ3) is 3.24. The van der Waals surface area contributed by atoms with Crippen LogP contribution in [0.25, 0.3) is 0 Å². The molecule has 3 rings (SSSR count). The summed E-state index contributed by atoms with van der Waals surface area (Å²) in [4.78, 5) is 9.14. The fourth-order valence-corrected chi connectivity index (χ4v) is 3.24. The maximum atomic E-state index is 4.60. The van der Waals surface area contributed by atoms with Crippen molar-refractivity contribution in [1.29, 1.82) is 0 Å². The minimum atomic E-state index is 0.425. The van der Waals surface area contributed by atoms with E-state index in [0.29, 0.717) is 12.1 Å². The number of aryl methyl sites for hydroxylation is 1. The molecule has 2 heterocycles. The number of hydrogen-bond donors (Lipinski definition) is 2. The molecule has 0 aromatic carbocycles. The van der Waals surface area contributed by atoms with Crippen molar-refractivity contribution in [2.75, 3.05) is 11.9 Å². The summed E-state index contributed by atoms with van der Waals surface area (Å²) in [5.74, 6) is 1.90. The highest BCUT2D eigenvalue weighted by molar-refractivity contribution is 5.38. The van der Waals surface area contributed by atoms with Crippen LogP contribution in [-0.2, 0) is 0 Å². The van der Waals surface area contributed by atoms with E-state index in [1.165, 1.54) is 44.9 Å². The van der Waals surface area contributed by atoms with Crippen molar-refractivity contribution in [1.82, 2.24) is 15.3 Å². The lowest BCUT2D eigenvalue weighted by Crippen LogP contribution is -2.23. The van der Waals surface area contributed by atoms with E-state index in [2.05, 4.69) is 26.7 Å². The Kier molecular flexibility index (Phi) is 3.97. The van der Waals surface area contributed by atoms with Gasteiger partial charge in [0.1, 0.15) is 11.6 Å². The lowest BCUT2D eigenvalue weighted by Gasteiger charge is -2.24. The van der Waals surface area contributed by atoms with E-state index < -0.39 is 0 Å². The summed E-state index contributed by atoms with van der Waals surface area (Å²) < 4.78 is 0. The topological polar surface area (TPSA) is 49.8 Å². The van der Waals surface area contributed by atoms with Crippen LogP contribution < -0.4 is 10.6 Å². The molecule has 1 aliphatic heterocycles. The van der Waals surface area contributed by atoms with E-state index >= 15 is 0 Å². The van der Waals surface area contributed by atoms with Gasteiger partial charge in [0.25, 0.3) is 0 Å². The molecule has 1 atom stereocenters. The van der Waals surface area contributed by atoms with Crippen molar-refractivity contribution >= 4 is 5.82 Å². The third-order valence-electron chi connectivity index (χ3n) is 4.23. The highest BCUT2D eigenvalue weighted by Crippen LogP contribution is 2.25. The smallest absolute Gasteiger partial charge is 0.130 e. The summed E-state index contributed by atoms with van der Waals surface area (Å²) >= 11 is 0. The molecule has 1 aliphatic carbocycles. The quantitative estimate of drug-likeness (QED) is 0.877. The number of nitrogens with one attached hydrogen (secondary N) is 2. The van der Waals surface area contributed by atoms with Gasteiger partial charge in [0.2, 0.25) is 0 Å². The Morgan fingerprint density at radius 3 is 2.68 bits per heavy atom. The summed E-state index contributed by atoms with van der Waals surface area (Å²) in [7, 11) is 0. The normalized spacial score (nSPS) is 24.6. The van der Waals surface area contributed by atoms with Crippen LogP contribution in [0.3, 0.4) is 0 Å². The van der Waals surface area contributed by atoms with Gasteiger partial charge < -0.3 is 10.6 Å². The number of rotatable bonds is 3. The van der Waals surface area contributed by atoms with Gasteiger partial charge in [-0.15, -0.1) is 0 Å². The Bertz CT molecular complexity index is 420. The van der Waals surface area contributed by atoms with Crippen molar-refractivity contribution in [2.45, 2.75) is 64.0 Å². The second kappa shape index (κ2) is 5.87. The van der Waals surface area contributed by atoms with Crippen LogP contribution in [-0.4, -0.2) is 22.6 Å². The summed E-state index contributed by atoms with van der Waals surface area (Å²) in [6.45, 7) is 3.10. The molecule has 4 heteroatoms. The van der Waals surface area contributed by atoms with Gasteiger partial charge >= 0.3 is 0 Å². The highest BCUT2D eigenvalue weighted by atomic mass is 15.1. The van der Waals surface area contributed by atoms with Gasteiger partial charge in [-0.2, -0.15) is 0 Å². The molecule has 0 radical (unpaired) electrons. The van der Waals surface area contributed by atoms with E-state index in [9.17, 15) is 0 Å². The molecular weight excluding hydrogens is 236 g/mol. The molecule has 2 aliphatic rings. The maximum Gasteiger partial charge on any atom is 0.130 e. The fourth-order valence-electron chi connectivity index (χ4n) is 3.24. The fraction of sp³-hybridized carbons (Fsp3) is 0.733. The van der Waals surface area contributed by atoms with Gasteiger partial charge in [-0.1, -0.05) is 19.3 Å². The van der Waals surface area contributed by atoms with Gasteiger partial charge in [-0.25, -0.2) is 9.97 Å². The first-order valence-electron chi connectivity index (χ1n) is 7.67. The summed E-state index contributed by atoms with van der Waals surface area (Å²) in [6, 6.07) is 3.17. The zero-order valence-corrected chi connectivity index (χ0v) is 11.8. The lowest BCUT2D eigenvalue weighted by atomic mass is 9.95. The van der Waals surface area contributed by atoms with E-state index in [4.69, 9.17) is 0 Å². The van der Waals surface area contributed by atoms with Crippen LogP contribution in [0.5, 0.6) is 0 Å². The predicted molar refractivity (Wildman–Crippen MR) is 77.2 cm³/mol. The molecule has 1 aromatic heterocycles. The molecule has 0 bridgehead atoms. The maximum absolute atomic E-state index is 4.60. The first kappa shape index (κ1) is 12.9. The molecule has 104 valence electrons. The monoisotopic (exact) mass is 260 g/mol. The molecule has 2 fully saturated rings. The van der Waals surface area contributed by atoms with Gasteiger partial charge in [-0.05, 0) is 39.2 Å². The van der Waals surface area contributed by atoms with Crippen LogP contribution in [0.2, 0.25) is 0 Å². The summed E-state index contributed by atoms with van der Waals surface area (Å²) in [5.41, 5.74) is 1.16. The molecule has 0 amide bonds. The van der Waals surface area contributed by atoms with Crippen molar-refractivity contribution in [3.63, 3.8) is 0 Å². The molecule has 1 saturated carbocycles. The number of hydrogen-bond acceptors (Lipinski definition) is 4. The average Bonchev–Trinajstić information content (AvgIpc) is 2.93. The Morgan fingerprint density at radius 2 is 1.95 bits per heavy atom. The predicted octanol–water partition coefficient (Wildman–Crippen LogP) is 2.95. The number of nitrogens with zero attached hydrogens (tertiary/aromatic N) is 2. The number of aromatic nitrogens is 2. The Labute approximate surface area is 115 Å². The molecule has 0 unspecified atom stereocenters. The van der Waals surface area contributed by atoms with E-state index in [1.807, 2.05) is 6.92 Å². The standard InChI is InChI=1S/C15H24N4/c1-11-17-14(13-8-5-9-16-13)10-15(18-11)19-12-6-3-2-4-7-12/h10,12-13,16H,2-9H2,1H3,(H,17,18,19)/t13-/m0/s1. The van der Waals surface area contributed by atoms with Crippen molar-refractivity contribution in [3.05, 3.63) is 17.6 Å². The van der Waals surface area contributed by atoms with Crippen LogP contribution >= 0.6 is 0 Å². The summed E-state index contributed by atoms with van der Waals surface area (Å²) in [5, 5.41) is 7.12. The van der Waals surface area contributed by atoms with Crippen molar-refractivity contribution in [2.24, 2.45) is 0 Å². The van der Waals surface area contributed by atoms with E-state index in [1.54, 1.807) is 0 Å². The SMILES string of the molecule is Cc1nc(NC2CCCCC2)cc([C@@H]2CCCN2)n1. The lowest BCUT2D eigenvalue weighted by molar-refractivity contribution is 0.461. The zero-order valence-electron chi connectivity index (χ0n) is 11.8. The molecule has 19 heavy (non-hydrogen) atoms. The molecule has 2 N–H and O–H groups in total. The summed E-state index contributed by atoms with van der Waals surface area (Å²) in [6.07, 6.45) is 9.08. The Balaban J connectivity index is 1.73. The Hall–Kier alpha value is -1.16. The molecule has 1 aromatic rings. The van der Waals surface area contributed by atoms with E-state index in [-0.39, 0.29) is 0 Å².